The summed E-state index contributed by atoms with van der Waals surface area (Å²) in [4.78, 5) is 2.48. The van der Waals surface area contributed by atoms with Crippen molar-refractivity contribution < 1.29 is 4.42 Å². The molecule has 0 radical (unpaired) electrons. The predicted octanol–water partition coefficient (Wildman–Crippen LogP) is 15.9. The molecule has 1 heterocycles. The van der Waals surface area contributed by atoms with Crippen molar-refractivity contribution in [2.75, 3.05) is 4.90 Å². The maximum Gasteiger partial charge on any atom is 0.159 e. The van der Waals surface area contributed by atoms with Crippen LogP contribution in [0.3, 0.4) is 0 Å². The zero-order valence-corrected chi connectivity index (χ0v) is 33.2. The Kier molecular flexibility index (Phi) is 7.26. The molecule has 0 fully saturated rings. The van der Waals surface area contributed by atoms with E-state index in [1.165, 1.54) is 55.3 Å². The van der Waals surface area contributed by atoms with Crippen molar-refractivity contribution in [1.29, 1.82) is 0 Å². The first kappa shape index (κ1) is 34.0. The maximum absolute atomic E-state index is 7.23. The fourth-order valence-electron chi connectivity index (χ4n) is 10.8. The summed E-state index contributed by atoms with van der Waals surface area (Å²) in [7, 11) is 0. The number of para-hydroxylation sites is 3. The third-order valence-corrected chi connectivity index (χ3v) is 13.3. The molecule has 10 aromatic carbocycles. The Morgan fingerprint density at radius 2 is 0.836 bits per heavy atom. The first-order valence-corrected chi connectivity index (χ1v) is 21.1. The van der Waals surface area contributed by atoms with E-state index in [9.17, 15) is 0 Å². The Hall–Kier alpha value is -7.94. The Bertz CT molecular complexity index is 3510. The molecule has 0 saturated carbocycles. The van der Waals surface area contributed by atoms with Gasteiger partial charge in [-0.05, 0) is 85.1 Å². The van der Waals surface area contributed by atoms with Crippen LogP contribution in [0.25, 0.3) is 77.2 Å². The van der Waals surface area contributed by atoms with Crippen molar-refractivity contribution >= 4 is 49.8 Å². The third kappa shape index (κ3) is 4.73. The summed E-state index contributed by atoms with van der Waals surface area (Å²) in [5.74, 6) is 0. The van der Waals surface area contributed by atoms with Crippen LogP contribution in [0.15, 0.2) is 229 Å². The van der Waals surface area contributed by atoms with E-state index in [1.807, 2.05) is 0 Å². The second-order valence-electron chi connectivity index (χ2n) is 16.3. The number of hydrogen-bond donors (Lipinski definition) is 0. The van der Waals surface area contributed by atoms with Crippen molar-refractivity contribution in [3.8, 4) is 44.5 Å². The number of rotatable bonds is 5. The third-order valence-electron chi connectivity index (χ3n) is 13.3. The van der Waals surface area contributed by atoms with Gasteiger partial charge in [-0.2, -0.15) is 0 Å². The molecule has 0 N–H and O–H groups in total. The Morgan fingerprint density at radius 1 is 0.311 bits per heavy atom. The summed E-state index contributed by atoms with van der Waals surface area (Å²) in [6.07, 6.45) is 0. The number of furan rings is 1. The SMILES string of the molecule is c1ccc(-c2cccc3c2oc2c(N(c4ccccc4-c4ccc5ccccc5c4)c4cccc5c4-c4ccccc4C54c5ccccc5-c5ccccc54)cccc23)cc1. The second kappa shape index (κ2) is 13.0. The largest absolute Gasteiger partial charge is 0.453 e. The van der Waals surface area contributed by atoms with E-state index in [0.717, 1.165) is 61.3 Å². The molecule has 0 atom stereocenters. The van der Waals surface area contributed by atoms with E-state index in [-0.39, 0.29) is 0 Å². The highest BCUT2D eigenvalue weighted by Crippen LogP contribution is 2.65. The van der Waals surface area contributed by atoms with Crippen LogP contribution in [-0.2, 0) is 5.41 Å². The van der Waals surface area contributed by atoms with Gasteiger partial charge in [0.1, 0.15) is 5.58 Å². The van der Waals surface area contributed by atoms with Gasteiger partial charge >= 0.3 is 0 Å². The van der Waals surface area contributed by atoms with Gasteiger partial charge in [-0.1, -0.05) is 200 Å². The van der Waals surface area contributed by atoms with E-state index < -0.39 is 5.41 Å². The van der Waals surface area contributed by atoms with E-state index in [2.05, 4.69) is 229 Å². The van der Waals surface area contributed by atoms with E-state index in [4.69, 9.17) is 4.42 Å². The van der Waals surface area contributed by atoms with Crippen LogP contribution in [0, 0.1) is 0 Å². The number of hydrogen-bond acceptors (Lipinski definition) is 2. The number of fused-ring (bicyclic) bond motifs is 14. The monoisotopic (exact) mass is 775 g/mol. The van der Waals surface area contributed by atoms with E-state index in [0.29, 0.717) is 0 Å². The topological polar surface area (TPSA) is 16.4 Å². The van der Waals surface area contributed by atoms with Gasteiger partial charge in [0.25, 0.3) is 0 Å². The molecule has 0 amide bonds. The minimum absolute atomic E-state index is 0.478. The molecule has 2 nitrogen and oxygen atoms in total. The quantitative estimate of drug-likeness (QED) is 0.173. The molecule has 1 spiro atoms. The molecule has 0 bridgehead atoms. The first-order chi connectivity index (χ1) is 30.3. The predicted molar refractivity (Wildman–Crippen MR) is 253 cm³/mol. The lowest BCUT2D eigenvalue weighted by Gasteiger charge is -2.32. The first-order valence-electron chi connectivity index (χ1n) is 21.1. The zero-order valence-electron chi connectivity index (χ0n) is 33.2. The molecule has 284 valence electrons. The van der Waals surface area contributed by atoms with E-state index in [1.54, 1.807) is 0 Å². The molecule has 11 aromatic rings. The molecular weight excluding hydrogens is 739 g/mol. The standard InChI is InChI=1S/C59H37NO/c1-2-18-39(19-3-1)43-25-14-26-46-47-27-15-34-55(58(47)61-57(43)46)60(53-32-13-9-21-42(53)41-36-35-38-17-4-5-20-40(38)37-41)54-33-16-31-52-56(54)48-24-8-12-30-51(48)59(52)49-28-10-6-22-44(49)45-23-7-11-29-50(45)59/h1-37H. The van der Waals surface area contributed by atoms with Crippen molar-refractivity contribution in [2.45, 2.75) is 5.41 Å². The summed E-state index contributed by atoms with van der Waals surface area (Å²) in [5, 5.41) is 4.62. The minimum atomic E-state index is -0.478. The second-order valence-corrected chi connectivity index (χ2v) is 16.3. The average molecular weight is 776 g/mol. The summed E-state index contributed by atoms with van der Waals surface area (Å²) in [6, 6.07) is 82.1. The van der Waals surface area contributed by atoms with Crippen LogP contribution in [0.1, 0.15) is 22.3 Å². The number of nitrogens with zero attached hydrogens (tertiary/aromatic N) is 1. The molecule has 1 aromatic heterocycles. The fraction of sp³-hybridized carbons (Fsp3) is 0.0169. The molecule has 2 aliphatic rings. The van der Waals surface area contributed by atoms with Gasteiger partial charge in [0, 0.05) is 27.5 Å². The molecule has 0 aliphatic heterocycles. The summed E-state index contributed by atoms with van der Waals surface area (Å²) in [6.45, 7) is 0. The molecule has 2 aliphatic carbocycles. The maximum atomic E-state index is 7.23. The highest BCUT2D eigenvalue weighted by Gasteiger charge is 2.52. The van der Waals surface area contributed by atoms with Gasteiger partial charge in [0.05, 0.1) is 22.5 Å². The minimum Gasteiger partial charge on any atom is -0.453 e. The lowest BCUT2D eigenvalue weighted by molar-refractivity contribution is 0.670. The highest BCUT2D eigenvalue weighted by molar-refractivity contribution is 6.15. The van der Waals surface area contributed by atoms with Crippen LogP contribution >= 0.6 is 0 Å². The van der Waals surface area contributed by atoms with Gasteiger partial charge in [-0.25, -0.2) is 0 Å². The van der Waals surface area contributed by atoms with Crippen LogP contribution in [-0.4, -0.2) is 0 Å². The van der Waals surface area contributed by atoms with Crippen molar-refractivity contribution in [3.05, 3.63) is 247 Å². The van der Waals surface area contributed by atoms with Gasteiger partial charge in [-0.3, -0.25) is 0 Å². The van der Waals surface area contributed by atoms with E-state index >= 15 is 0 Å². The van der Waals surface area contributed by atoms with Crippen molar-refractivity contribution in [1.82, 2.24) is 0 Å². The molecule has 0 unspecified atom stereocenters. The average Bonchev–Trinajstić information content (AvgIpc) is 3.97. The van der Waals surface area contributed by atoms with Crippen molar-refractivity contribution in [3.63, 3.8) is 0 Å². The summed E-state index contributed by atoms with van der Waals surface area (Å²) >= 11 is 0. The van der Waals surface area contributed by atoms with Crippen LogP contribution in [0.5, 0.6) is 0 Å². The highest BCUT2D eigenvalue weighted by atomic mass is 16.3. The molecular formula is C59H37NO. The van der Waals surface area contributed by atoms with Crippen molar-refractivity contribution in [2.24, 2.45) is 0 Å². The Labute approximate surface area is 354 Å². The van der Waals surface area contributed by atoms with Crippen LogP contribution in [0.2, 0.25) is 0 Å². The Morgan fingerprint density at radius 3 is 1.61 bits per heavy atom. The molecule has 2 heteroatoms. The lowest BCUT2D eigenvalue weighted by atomic mass is 9.70. The fourth-order valence-corrected chi connectivity index (χ4v) is 10.8. The summed E-state index contributed by atoms with van der Waals surface area (Å²) < 4.78 is 7.23. The zero-order chi connectivity index (χ0) is 40.1. The number of benzene rings is 10. The molecule has 61 heavy (non-hydrogen) atoms. The van der Waals surface area contributed by atoms with Crippen LogP contribution in [0.4, 0.5) is 17.1 Å². The summed E-state index contributed by atoms with van der Waals surface area (Å²) in [5.41, 5.74) is 19.3. The van der Waals surface area contributed by atoms with Crippen LogP contribution < -0.4 is 4.90 Å². The normalized spacial score (nSPS) is 13.0. The Balaban J connectivity index is 1.14. The molecule has 0 saturated heterocycles. The van der Waals surface area contributed by atoms with Gasteiger partial charge in [0.15, 0.2) is 5.58 Å². The van der Waals surface area contributed by atoms with Gasteiger partial charge in [-0.15, -0.1) is 0 Å². The van der Waals surface area contributed by atoms with Gasteiger partial charge in [0.2, 0.25) is 0 Å². The molecule has 13 rings (SSSR count). The lowest BCUT2D eigenvalue weighted by Crippen LogP contribution is -2.26. The smallest absolute Gasteiger partial charge is 0.159 e. The number of anilines is 3. The van der Waals surface area contributed by atoms with Gasteiger partial charge < -0.3 is 9.32 Å².